The maximum Gasteiger partial charge on any atom is 0.274 e. The Balaban J connectivity index is 1.54. The maximum absolute atomic E-state index is 12.7. The van der Waals surface area contributed by atoms with Crippen molar-refractivity contribution in [1.29, 1.82) is 0 Å². The number of hydrogen-bond donors (Lipinski definition) is 0. The van der Waals surface area contributed by atoms with Crippen molar-refractivity contribution in [3.8, 4) is 0 Å². The van der Waals surface area contributed by atoms with Gasteiger partial charge in [-0.15, -0.1) is 0 Å². The average Bonchev–Trinajstić information content (AvgIpc) is 3.34. The van der Waals surface area contributed by atoms with Gasteiger partial charge in [0.15, 0.2) is 5.82 Å². The Morgan fingerprint density at radius 2 is 2.16 bits per heavy atom. The van der Waals surface area contributed by atoms with E-state index in [2.05, 4.69) is 14.5 Å². The van der Waals surface area contributed by atoms with Crippen LogP contribution in [0, 0.1) is 0 Å². The smallest absolute Gasteiger partial charge is 0.274 e. The molecule has 1 fully saturated rings. The Hall–Kier alpha value is -2.58. The zero-order valence-electron chi connectivity index (χ0n) is 13.5. The SMILES string of the molecule is O=C(c1ccsn1)N1CCOC[C@H]1c1ncn(Cc2ccccc2)n1. The Morgan fingerprint density at radius 3 is 2.96 bits per heavy atom. The number of hydrogen-bond acceptors (Lipinski definition) is 6. The topological polar surface area (TPSA) is 73.1 Å². The summed E-state index contributed by atoms with van der Waals surface area (Å²) >= 11 is 1.27. The molecular weight excluding hydrogens is 338 g/mol. The molecule has 0 saturated carbocycles. The van der Waals surface area contributed by atoms with Crippen LogP contribution in [0.2, 0.25) is 0 Å². The van der Waals surface area contributed by atoms with Crippen LogP contribution in [0.5, 0.6) is 0 Å². The molecule has 0 spiro atoms. The van der Waals surface area contributed by atoms with Gasteiger partial charge in [-0.1, -0.05) is 30.3 Å². The minimum atomic E-state index is -0.292. The van der Waals surface area contributed by atoms with E-state index in [1.54, 1.807) is 27.4 Å². The zero-order valence-corrected chi connectivity index (χ0v) is 14.3. The van der Waals surface area contributed by atoms with Crippen molar-refractivity contribution in [2.24, 2.45) is 0 Å². The molecule has 0 bridgehead atoms. The van der Waals surface area contributed by atoms with Gasteiger partial charge in [0.05, 0.1) is 19.8 Å². The molecule has 2 aromatic heterocycles. The summed E-state index contributed by atoms with van der Waals surface area (Å²) in [5, 5.41) is 6.36. The first-order valence-electron chi connectivity index (χ1n) is 8.03. The lowest BCUT2D eigenvalue weighted by Gasteiger charge is -2.33. The highest BCUT2D eigenvalue weighted by molar-refractivity contribution is 7.03. The van der Waals surface area contributed by atoms with Crippen LogP contribution >= 0.6 is 11.5 Å². The van der Waals surface area contributed by atoms with Crippen molar-refractivity contribution in [2.45, 2.75) is 12.6 Å². The van der Waals surface area contributed by atoms with E-state index in [1.165, 1.54) is 11.5 Å². The van der Waals surface area contributed by atoms with Crippen LogP contribution in [-0.2, 0) is 11.3 Å². The average molecular weight is 355 g/mol. The third kappa shape index (κ3) is 3.45. The fourth-order valence-corrected chi connectivity index (χ4v) is 3.34. The number of amides is 1. The van der Waals surface area contributed by atoms with Gasteiger partial charge in [-0.05, 0) is 23.2 Å². The highest BCUT2D eigenvalue weighted by Crippen LogP contribution is 2.23. The molecule has 8 heteroatoms. The molecule has 1 amide bonds. The predicted molar refractivity (Wildman–Crippen MR) is 92.3 cm³/mol. The van der Waals surface area contributed by atoms with Gasteiger partial charge >= 0.3 is 0 Å². The van der Waals surface area contributed by atoms with Crippen molar-refractivity contribution in [3.63, 3.8) is 0 Å². The molecule has 25 heavy (non-hydrogen) atoms. The van der Waals surface area contributed by atoms with Crippen molar-refractivity contribution in [1.82, 2.24) is 24.0 Å². The molecular formula is C17H17N5O2S. The van der Waals surface area contributed by atoms with Crippen LogP contribution in [0.4, 0.5) is 0 Å². The minimum Gasteiger partial charge on any atom is -0.377 e. The molecule has 0 aliphatic carbocycles. The van der Waals surface area contributed by atoms with Crippen LogP contribution in [0.15, 0.2) is 48.1 Å². The lowest BCUT2D eigenvalue weighted by molar-refractivity contribution is -0.00548. The van der Waals surface area contributed by atoms with E-state index in [0.29, 0.717) is 37.8 Å². The van der Waals surface area contributed by atoms with E-state index in [4.69, 9.17) is 4.74 Å². The molecule has 1 aliphatic rings. The molecule has 1 aliphatic heterocycles. The van der Waals surface area contributed by atoms with Crippen LogP contribution in [0.1, 0.15) is 27.9 Å². The van der Waals surface area contributed by atoms with Crippen molar-refractivity contribution < 1.29 is 9.53 Å². The molecule has 4 rings (SSSR count). The molecule has 3 heterocycles. The second-order valence-electron chi connectivity index (χ2n) is 5.76. The summed E-state index contributed by atoms with van der Waals surface area (Å²) in [5.41, 5.74) is 1.61. The lowest BCUT2D eigenvalue weighted by atomic mass is 10.2. The summed E-state index contributed by atoms with van der Waals surface area (Å²) in [5.74, 6) is 0.494. The number of carbonyl (C=O) groups is 1. The van der Waals surface area contributed by atoms with Gasteiger partial charge in [0, 0.05) is 11.9 Å². The highest BCUT2D eigenvalue weighted by atomic mass is 32.1. The summed E-state index contributed by atoms with van der Waals surface area (Å²) in [6.07, 6.45) is 1.70. The Kier molecular flexibility index (Phi) is 4.53. The summed E-state index contributed by atoms with van der Waals surface area (Å²) in [7, 11) is 0. The summed E-state index contributed by atoms with van der Waals surface area (Å²) in [6, 6.07) is 11.5. The number of morpholine rings is 1. The van der Waals surface area contributed by atoms with Crippen LogP contribution < -0.4 is 0 Å². The first-order chi connectivity index (χ1) is 12.3. The maximum atomic E-state index is 12.7. The quantitative estimate of drug-likeness (QED) is 0.716. The summed E-state index contributed by atoms with van der Waals surface area (Å²) in [4.78, 5) is 18.9. The molecule has 0 unspecified atom stereocenters. The minimum absolute atomic E-state index is 0.103. The molecule has 3 aromatic rings. The van der Waals surface area contributed by atoms with Gasteiger partial charge < -0.3 is 9.64 Å². The fourth-order valence-electron chi connectivity index (χ4n) is 2.84. The largest absolute Gasteiger partial charge is 0.377 e. The van der Waals surface area contributed by atoms with Gasteiger partial charge in [0.25, 0.3) is 5.91 Å². The summed E-state index contributed by atoms with van der Waals surface area (Å²) in [6.45, 7) is 2.05. The van der Waals surface area contributed by atoms with Crippen LogP contribution in [0.25, 0.3) is 0 Å². The first kappa shape index (κ1) is 15.9. The van der Waals surface area contributed by atoms with Crippen molar-refractivity contribution in [2.75, 3.05) is 19.8 Å². The van der Waals surface area contributed by atoms with Crippen LogP contribution in [-0.4, -0.2) is 49.7 Å². The van der Waals surface area contributed by atoms with Gasteiger partial charge in [0.1, 0.15) is 18.1 Å². The number of ether oxygens (including phenoxy) is 1. The van der Waals surface area contributed by atoms with Gasteiger partial charge in [-0.3, -0.25) is 4.79 Å². The number of rotatable bonds is 4. The molecule has 1 saturated heterocycles. The van der Waals surface area contributed by atoms with Crippen molar-refractivity contribution in [3.05, 3.63) is 65.2 Å². The first-order valence-corrected chi connectivity index (χ1v) is 8.87. The summed E-state index contributed by atoms with van der Waals surface area (Å²) < 4.78 is 11.5. The number of nitrogens with zero attached hydrogens (tertiary/aromatic N) is 5. The number of carbonyl (C=O) groups excluding carboxylic acids is 1. The Labute approximate surface area is 149 Å². The van der Waals surface area contributed by atoms with Crippen LogP contribution in [0.3, 0.4) is 0 Å². The predicted octanol–water partition coefficient (Wildman–Crippen LogP) is 2.00. The van der Waals surface area contributed by atoms with E-state index in [-0.39, 0.29) is 11.9 Å². The van der Waals surface area contributed by atoms with Gasteiger partial charge in [0.2, 0.25) is 0 Å². The van der Waals surface area contributed by atoms with E-state index in [1.807, 2.05) is 30.3 Å². The third-order valence-corrected chi connectivity index (χ3v) is 4.65. The monoisotopic (exact) mass is 355 g/mol. The third-order valence-electron chi connectivity index (χ3n) is 4.09. The number of aromatic nitrogens is 4. The van der Waals surface area contributed by atoms with E-state index in [0.717, 1.165) is 5.56 Å². The highest BCUT2D eigenvalue weighted by Gasteiger charge is 2.32. The zero-order chi connectivity index (χ0) is 17.1. The molecule has 7 nitrogen and oxygen atoms in total. The fraction of sp³-hybridized carbons (Fsp3) is 0.294. The molecule has 0 N–H and O–H groups in total. The lowest BCUT2D eigenvalue weighted by Crippen LogP contribution is -2.44. The second-order valence-corrected chi connectivity index (χ2v) is 6.43. The molecule has 128 valence electrons. The molecule has 1 aromatic carbocycles. The van der Waals surface area contributed by atoms with Gasteiger partial charge in [-0.2, -0.15) is 9.47 Å². The van der Waals surface area contributed by atoms with E-state index in [9.17, 15) is 4.79 Å². The Bertz CT molecular complexity index is 834. The Morgan fingerprint density at radius 1 is 1.28 bits per heavy atom. The van der Waals surface area contributed by atoms with Gasteiger partial charge in [-0.25, -0.2) is 9.67 Å². The number of benzene rings is 1. The van der Waals surface area contributed by atoms with Crippen molar-refractivity contribution >= 4 is 17.4 Å². The molecule has 0 radical (unpaired) electrons. The van der Waals surface area contributed by atoms with E-state index >= 15 is 0 Å². The normalized spacial score (nSPS) is 17.6. The standard InChI is InChI=1S/C17H17N5O2S/c23-17(14-6-9-25-20-14)22-7-8-24-11-15(22)16-18-12-21(19-16)10-13-4-2-1-3-5-13/h1-6,9,12,15H,7-8,10-11H2/t15-/m0/s1. The second kappa shape index (κ2) is 7.12. The molecule has 1 atom stereocenters. The van der Waals surface area contributed by atoms with E-state index < -0.39 is 0 Å².